The molecule has 0 fully saturated rings. The third-order valence-corrected chi connectivity index (χ3v) is 4.23. The molecule has 0 aliphatic carbocycles. The molecule has 138 valence electrons. The van der Waals surface area contributed by atoms with Crippen LogP contribution in [0.2, 0.25) is 0 Å². The zero-order chi connectivity index (χ0) is 18.8. The van der Waals surface area contributed by atoms with Crippen molar-refractivity contribution >= 4 is 11.7 Å². The summed E-state index contributed by atoms with van der Waals surface area (Å²) in [5.41, 5.74) is 1.28. The van der Waals surface area contributed by atoms with Crippen molar-refractivity contribution in [3.05, 3.63) is 72.1 Å². The van der Waals surface area contributed by atoms with Gasteiger partial charge in [0.1, 0.15) is 17.7 Å². The zero-order valence-electron chi connectivity index (χ0n) is 14.5. The smallest absolute Gasteiger partial charge is 0.320 e. The third-order valence-electron chi connectivity index (χ3n) is 4.23. The van der Waals surface area contributed by atoms with Crippen LogP contribution in [0.15, 0.2) is 54.9 Å². The number of aryl methyl sites for hydroxylation is 1. The van der Waals surface area contributed by atoms with E-state index in [1.54, 1.807) is 47.3 Å². The number of nitrogens with one attached hydrogen (secondary N) is 2. The van der Waals surface area contributed by atoms with Crippen LogP contribution in [-0.2, 0) is 7.05 Å². The molecule has 2 heterocycles. The van der Waals surface area contributed by atoms with Crippen molar-refractivity contribution in [2.75, 3.05) is 12.1 Å². The summed E-state index contributed by atoms with van der Waals surface area (Å²) < 4.78 is 25.7. The lowest BCUT2D eigenvalue weighted by molar-refractivity contribution is 0.174. The van der Waals surface area contributed by atoms with Crippen molar-refractivity contribution in [1.82, 2.24) is 14.9 Å². The van der Waals surface area contributed by atoms with Gasteiger partial charge in [0.05, 0.1) is 0 Å². The summed E-state index contributed by atoms with van der Waals surface area (Å²) in [6.45, 7) is 0.163. The van der Waals surface area contributed by atoms with Crippen LogP contribution in [0, 0.1) is 5.82 Å². The molecule has 27 heavy (non-hydrogen) atoms. The average molecular weight is 368 g/mol. The van der Waals surface area contributed by atoms with Crippen molar-refractivity contribution < 1.29 is 18.7 Å². The number of hydrogen-bond acceptors (Lipinski definition) is 4. The highest BCUT2D eigenvalue weighted by molar-refractivity contribution is 5.90. The second-order valence-electron chi connectivity index (χ2n) is 6.05. The van der Waals surface area contributed by atoms with Crippen LogP contribution in [-0.4, -0.2) is 22.4 Å². The number of nitrogens with zero attached hydrogens (tertiary/aromatic N) is 2. The van der Waals surface area contributed by atoms with Crippen molar-refractivity contribution in [2.45, 2.75) is 6.04 Å². The molecule has 2 N–H and O–H groups in total. The number of hydrogen-bond donors (Lipinski definition) is 2. The first-order valence-electron chi connectivity index (χ1n) is 8.30. The molecule has 1 aliphatic rings. The van der Waals surface area contributed by atoms with Crippen LogP contribution in [0.1, 0.15) is 17.4 Å². The van der Waals surface area contributed by atoms with Gasteiger partial charge in [-0.15, -0.1) is 0 Å². The summed E-state index contributed by atoms with van der Waals surface area (Å²) in [6, 6.07) is 10.1. The van der Waals surface area contributed by atoms with E-state index in [2.05, 4.69) is 15.6 Å². The Balaban J connectivity index is 1.55. The molecule has 1 unspecified atom stereocenters. The van der Waals surface area contributed by atoms with Crippen LogP contribution in [0.5, 0.6) is 11.5 Å². The van der Waals surface area contributed by atoms with Gasteiger partial charge in [-0.2, -0.15) is 0 Å². The Morgan fingerprint density at radius 3 is 2.70 bits per heavy atom. The molecule has 1 atom stereocenters. The lowest BCUT2D eigenvalue weighted by Gasteiger charge is -2.19. The minimum absolute atomic E-state index is 0.163. The van der Waals surface area contributed by atoms with E-state index < -0.39 is 12.1 Å². The Morgan fingerprint density at radius 1 is 1.19 bits per heavy atom. The zero-order valence-corrected chi connectivity index (χ0v) is 14.5. The van der Waals surface area contributed by atoms with E-state index in [1.165, 1.54) is 12.1 Å². The van der Waals surface area contributed by atoms with Gasteiger partial charge >= 0.3 is 6.03 Å². The first kappa shape index (κ1) is 16.9. The van der Waals surface area contributed by atoms with Crippen molar-refractivity contribution in [2.24, 2.45) is 7.05 Å². The van der Waals surface area contributed by atoms with Crippen LogP contribution in [0.25, 0.3) is 0 Å². The maximum atomic E-state index is 13.3. The molecule has 4 rings (SSSR count). The molecule has 0 spiro atoms. The monoisotopic (exact) mass is 368 g/mol. The molecule has 1 aromatic heterocycles. The van der Waals surface area contributed by atoms with Gasteiger partial charge in [0.25, 0.3) is 0 Å². The van der Waals surface area contributed by atoms with Gasteiger partial charge in [0.15, 0.2) is 11.5 Å². The number of anilines is 1. The number of fused-ring (bicyclic) bond motifs is 1. The van der Waals surface area contributed by atoms with E-state index in [0.717, 1.165) is 0 Å². The molecular weight excluding hydrogens is 351 g/mol. The van der Waals surface area contributed by atoms with E-state index in [1.807, 2.05) is 7.05 Å². The van der Waals surface area contributed by atoms with Crippen molar-refractivity contribution in [3.8, 4) is 11.5 Å². The number of rotatable bonds is 4. The number of ether oxygens (including phenoxy) is 2. The van der Waals surface area contributed by atoms with E-state index in [0.29, 0.717) is 28.6 Å². The lowest BCUT2D eigenvalue weighted by Crippen LogP contribution is -2.34. The molecule has 2 aromatic carbocycles. The Bertz CT molecular complexity index is 971. The summed E-state index contributed by atoms with van der Waals surface area (Å²) in [6.07, 6.45) is 3.42. The summed E-state index contributed by atoms with van der Waals surface area (Å²) in [7, 11) is 1.83. The molecule has 0 saturated carbocycles. The summed E-state index contributed by atoms with van der Waals surface area (Å²) in [5, 5.41) is 5.65. The van der Waals surface area contributed by atoms with E-state index in [4.69, 9.17) is 9.47 Å². The fraction of sp³-hybridized carbons (Fsp3) is 0.158. The predicted molar refractivity (Wildman–Crippen MR) is 96.2 cm³/mol. The SMILES string of the molecule is Cn1ccnc1C(NC(=O)Nc1ccc2c(c1)OCO2)c1ccc(F)cc1. The topological polar surface area (TPSA) is 77.4 Å². The van der Waals surface area contributed by atoms with E-state index in [-0.39, 0.29) is 12.6 Å². The largest absolute Gasteiger partial charge is 0.454 e. The van der Waals surface area contributed by atoms with Crippen molar-refractivity contribution in [3.63, 3.8) is 0 Å². The molecular formula is C19H17FN4O3. The van der Waals surface area contributed by atoms with Gasteiger partial charge < -0.3 is 24.7 Å². The quantitative estimate of drug-likeness (QED) is 0.741. The Labute approximate surface area is 154 Å². The van der Waals surface area contributed by atoms with Crippen LogP contribution >= 0.6 is 0 Å². The minimum atomic E-state index is -0.542. The Kier molecular flexibility index (Phi) is 4.37. The fourth-order valence-electron chi connectivity index (χ4n) is 2.88. The number of aromatic nitrogens is 2. The minimum Gasteiger partial charge on any atom is -0.454 e. The van der Waals surface area contributed by atoms with Gasteiger partial charge in [-0.25, -0.2) is 14.2 Å². The highest BCUT2D eigenvalue weighted by atomic mass is 19.1. The maximum absolute atomic E-state index is 13.3. The predicted octanol–water partition coefficient (Wildman–Crippen LogP) is 3.20. The number of benzene rings is 2. The summed E-state index contributed by atoms with van der Waals surface area (Å²) in [4.78, 5) is 16.9. The summed E-state index contributed by atoms with van der Waals surface area (Å²) >= 11 is 0. The normalized spacial score (nSPS) is 13.3. The second kappa shape index (κ2) is 6.99. The molecule has 1 aliphatic heterocycles. The molecule has 2 amide bonds. The van der Waals surface area contributed by atoms with E-state index in [9.17, 15) is 9.18 Å². The third kappa shape index (κ3) is 3.55. The number of halogens is 1. The number of carbonyl (C=O) groups excluding carboxylic acids is 1. The Morgan fingerprint density at radius 2 is 1.96 bits per heavy atom. The van der Waals surface area contributed by atoms with Gasteiger partial charge in [-0.3, -0.25) is 0 Å². The standard InChI is InChI=1S/C19H17FN4O3/c1-24-9-8-21-18(24)17(12-2-4-13(20)5-3-12)23-19(25)22-14-6-7-15-16(10-14)27-11-26-15/h2-10,17H,11H2,1H3,(H2,22,23,25). The first-order chi connectivity index (χ1) is 13.1. The van der Waals surface area contributed by atoms with Crippen LogP contribution in [0.4, 0.5) is 14.9 Å². The number of urea groups is 1. The Hall–Kier alpha value is -3.55. The van der Waals surface area contributed by atoms with Gasteiger partial charge in [-0.1, -0.05) is 12.1 Å². The van der Waals surface area contributed by atoms with Gasteiger partial charge in [0, 0.05) is 31.2 Å². The average Bonchev–Trinajstić information content (AvgIpc) is 3.29. The molecule has 0 radical (unpaired) electrons. The molecule has 0 bridgehead atoms. The number of amides is 2. The van der Waals surface area contributed by atoms with Gasteiger partial charge in [-0.05, 0) is 29.8 Å². The second-order valence-corrected chi connectivity index (χ2v) is 6.05. The van der Waals surface area contributed by atoms with Crippen LogP contribution in [0.3, 0.4) is 0 Å². The first-order valence-corrected chi connectivity index (χ1v) is 8.30. The molecule has 3 aromatic rings. The molecule has 0 saturated heterocycles. The highest BCUT2D eigenvalue weighted by Gasteiger charge is 2.21. The molecule has 8 heteroatoms. The number of imidazole rings is 1. The fourth-order valence-corrected chi connectivity index (χ4v) is 2.88. The highest BCUT2D eigenvalue weighted by Crippen LogP contribution is 2.34. The van der Waals surface area contributed by atoms with E-state index >= 15 is 0 Å². The lowest BCUT2D eigenvalue weighted by atomic mass is 10.1. The maximum Gasteiger partial charge on any atom is 0.320 e. The van der Waals surface area contributed by atoms with Gasteiger partial charge in [0.2, 0.25) is 6.79 Å². The number of carbonyl (C=O) groups is 1. The summed E-state index contributed by atoms with van der Waals surface area (Å²) in [5.74, 6) is 1.50. The van der Waals surface area contributed by atoms with Crippen molar-refractivity contribution in [1.29, 1.82) is 0 Å². The molecule has 7 nitrogen and oxygen atoms in total. The van der Waals surface area contributed by atoms with Crippen LogP contribution < -0.4 is 20.1 Å².